The normalized spacial score (nSPS) is 13.5. The van der Waals surface area contributed by atoms with Crippen molar-refractivity contribution in [3.05, 3.63) is 0 Å². The minimum Gasteiger partial charge on any atom is -0.480 e. The Kier molecular flexibility index (Phi) is 30.0. The van der Waals surface area contributed by atoms with Gasteiger partial charge in [0.2, 0.25) is 76.8 Å². The summed E-state index contributed by atoms with van der Waals surface area (Å²) in [4.78, 5) is 169. The van der Waals surface area contributed by atoms with E-state index >= 15 is 0 Å². The maximum atomic E-state index is 12.4. The van der Waals surface area contributed by atoms with Gasteiger partial charge in [-0.05, 0) is 6.92 Å². The van der Waals surface area contributed by atoms with Gasteiger partial charge in [0.05, 0.1) is 91.5 Å². The van der Waals surface area contributed by atoms with Crippen LogP contribution < -0.4 is 74.9 Å². The Labute approximate surface area is 394 Å². The van der Waals surface area contributed by atoms with E-state index in [4.69, 9.17) is 15.9 Å². The molecule has 0 aliphatic carbocycles. The molecule has 0 aromatic heterocycles. The quantitative estimate of drug-likeness (QED) is 0.0290. The number of carbonyl (C=O) groups is 14. The average molecular weight is 1010 g/mol. The number of carboxylic acids is 1. The molecule has 0 aliphatic heterocycles. The lowest BCUT2D eigenvalue weighted by atomic mass is 10.1. The summed E-state index contributed by atoms with van der Waals surface area (Å²) in [5.41, 5.74) is 5.44. The van der Waals surface area contributed by atoms with Gasteiger partial charge in [-0.15, -0.1) is 0 Å². The smallest absolute Gasteiger partial charge is 0.328 e. The molecule has 22 N–H and O–H groups in total. The van der Waals surface area contributed by atoms with E-state index in [2.05, 4.69) is 53.2 Å². The van der Waals surface area contributed by atoms with Gasteiger partial charge in [-0.3, -0.25) is 62.3 Å². The minimum atomic E-state index is -1.77. The Balaban J connectivity index is 4.51. The van der Waals surface area contributed by atoms with Gasteiger partial charge >= 0.3 is 5.97 Å². The van der Waals surface area contributed by atoms with E-state index in [9.17, 15) is 92.7 Å². The molecule has 0 saturated heterocycles. The fraction of sp³-hybridized carbons (Fsp3) is 0.600. The molecule has 0 bridgehead atoms. The summed E-state index contributed by atoms with van der Waals surface area (Å²) in [5.74, 6) is -14.6. The standard InChI is InChI=1S/C35H58N14O21/c1-15(55)29(36)34(68)48-17(11-51)31(65)44-7-26(61)40-3-22(57)37-4-23(58)41-8-27(62)45-16(10-50)30(64)43-6-25(60)39-2-21(56)38-5-24(59)42-9-28(63)46-18(12-52)32(66)47-19(13-53)33(67)49-20(14-54)35(69)70/h15-20,29,50-55H,2-14,36H2,1H3,(H,37,57)(H,38,56)(H,39,60)(H,40,61)(H,41,58)(H,42,59)(H,43,64)(H,44,65)(H,45,62)(H,46,63)(H,47,66)(H,48,68)(H,49,67)(H,69,70)/t15-,16+,17+,18+,19+,20+,29+/m1/s1. The molecule has 35 nitrogen and oxygen atoms in total. The monoisotopic (exact) mass is 1010 g/mol. The van der Waals surface area contributed by atoms with Crippen molar-refractivity contribution in [1.29, 1.82) is 0 Å². The molecular formula is C35H58N14O21. The van der Waals surface area contributed by atoms with Crippen molar-refractivity contribution in [3.8, 4) is 0 Å². The first-order valence-corrected chi connectivity index (χ1v) is 20.3. The number of hydrogen-bond donors (Lipinski definition) is 21. The van der Waals surface area contributed by atoms with Gasteiger partial charge < -0.3 is 111 Å². The number of aliphatic carboxylic acids is 1. The third-order valence-corrected chi connectivity index (χ3v) is 8.44. The van der Waals surface area contributed by atoms with Gasteiger partial charge in [-0.2, -0.15) is 0 Å². The molecule has 0 saturated carbocycles. The van der Waals surface area contributed by atoms with Crippen molar-refractivity contribution in [2.45, 2.75) is 49.3 Å². The first-order chi connectivity index (χ1) is 32.9. The maximum absolute atomic E-state index is 12.4. The Bertz CT molecular complexity index is 1890. The summed E-state index contributed by atoms with van der Waals surface area (Å²) in [7, 11) is 0. The zero-order valence-electron chi connectivity index (χ0n) is 37.2. The molecule has 35 heteroatoms. The van der Waals surface area contributed by atoms with Crippen LogP contribution in [-0.4, -0.2) is 246 Å². The first-order valence-electron chi connectivity index (χ1n) is 20.3. The van der Waals surface area contributed by atoms with Crippen LogP contribution in [0.5, 0.6) is 0 Å². The van der Waals surface area contributed by atoms with Crippen LogP contribution in [0.25, 0.3) is 0 Å². The van der Waals surface area contributed by atoms with Crippen LogP contribution >= 0.6 is 0 Å². The van der Waals surface area contributed by atoms with Crippen LogP contribution in [0.3, 0.4) is 0 Å². The first kappa shape index (κ1) is 62.3. The molecule has 0 unspecified atom stereocenters. The average Bonchev–Trinajstić information content (AvgIpc) is 3.33. The molecule has 0 spiro atoms. The Morgan fingerprint density at radius 1 is 0.343 bits per heavy atom. The molecular weight excluding hydrogens is 952 g/mol. The number of amides is 13. The molecule has 70 heavy (non-hydrogen) atoms. The van der Waals surface area contributed by atoms with Gasteiger partial charge in [0, 0.05) is 0 Å². The largest absolute Gasteiger partial charge is 0.480 e. The van der Waals surface area contributed by atoms with Crippen molar-refractivity contribution in [2.75, 3.05) is 85.4 Å². The Morgan fingerprint density at radius 3 is 0.857 bits per heavy atom. The third kappa shape index (κ3) is 26.0. The molecule has 0 heterocycles. The fourth-order valence-corrected chi connectivity index (χ4v) is 4.51. The lowest BCUT2D eigenvalue weighted by Crippen LogP contribution is -2.58. The summed E-state index contributed by atoms with van der Waals surface area (Å²) in [5, 5.41) is 91.7. The summed E-state index contributed by atoms with van der Waals surface area (Å²) in [6.07, 6.45) is -1.26. The number of carbonyl (C=O) groups excluding carboxylic acids is 13. The SMILES string of the molecule is C[C@@H](O)[C@H](N)C(=O)N[C@@H](CO)C(=O)NCC(=O)NCC(=O)NCC(=O)NCC(=O)N[C@@H](CO)C(=O)NCC(=O)NCC(=O)NCC(=O)NCC(=O)N[C@@H](CO)C(=O)N[C@@H](CO)C(=O)N[C@@H](CO)C(=O)O. The second-order valence-corrected chi connectivity index (χ2v) is 14.0. The lowest BCUT2D eigenvalue weighted by Gasteiger charge is -2.22. The van der Waals surface area contributed by atoms with Crippen molar-refractivity contribution in [3.63, 3.8) is 0 Å². The van der Waals surface area contributed by atoms with Crippen molar-refractivity contribution >= 4 is 82.8 Å². The summed E-state index contributed by atoms with van der Waals surface area (Å²) < 4.78 is 0. The van der Waals surface area contributed by atoms with E-state index in [0.29, 0.717) is 0 Å². The van der Waals surface area contributed by atoms with Gasteiger partial charge in [-0.1, -0.05) is 0 Å². The van der Waals surface area contributed by atoms with Crippen molar-refractivity contribution in [2.24, 2.45) is 5.73 Å². The van der Waals surface area contributed by atoms with Crippen LogP contribution in [0.1, 0.15) is 6.92 Å². The Hall–Kier alpha value is -7.70. The topological polar surface area (TPSA) is 563 Å². The summed E-state index contributed by atoms with van der Waals surface area (Å²) >= 11 is 0. The minimum absolute atomic E-state index is 0.674. The van der Waals surface area contributed by atoms with E-state index in [1.807, 2.05) is 16.0 Å². The van der Waals surface area contributed by atoms with E-state index in [0.717, 1.165) is 0 Å². The predicted molar refractivity (Wildman–Crippen MR) is 226 cm³/mol. The van der Waals surface area contributed by atoms with Crippen molar-refractivity contribution in [1.82, 2.24) is 69.1 Å². The highest BCUT2D eigenvalue weighted by molar-refractivity contribution is 5.97. The highest BCUT2D eigenvalue weighted by Crippen LogP contribution is 1.94. The van der Waals surface area contributed by atoms with Crippen LogP contribution in [-0.2, 0) is 67.1 Å². The van der Waals surface area contributed by atoms with Crippen LogP contribution in [0.4, 0.5) is 0 Å². The number of nitrogens with one attached hydrogen (secondary N) is 13. The predicted octanol–water partition coefficient (Wildman–Crippen LogP) is -15.9. The number of carboxylic acid groups (broad SMARTS) is 1. The van der Waals surface area contributed by atoms with Crippen LogP contribution in [0.2, 0.25) is 0 Å². The number of rotatable bonds is 33. The third-order valence-electron chi connectivity index (χ3n) is 8.44. The molecule has 0 aliphatic rings. The Morgan fingerprint density at radius 2 is 0.571 bits per heavy atom. The highest BCUT2D eigenvalue weighted by atomic mass is 16.4. The second-order valence-electron chi connectivity index (χ2n) is 14.0. The van der Waals surface area contributed by atoms with Gasteiger partial charge in [0.15, 0.2) is 0 Å². The van der Waals surface area contributed by atoms with Crippen LogP contribution in [0.15, 0.2) is 0 Å². The fourth-order valence-electron chi connectivity index (χ4n) is 4.51. The van der Waals surface area contributed by atoms with Crippen molar-refractivity contribution < 1.29 is 103 Å². The molecule has 0 fully saturated rings. The molecule has 7 atom stereocenters. The lowest BCUT2D eigenvalue weighted by molar-refractivity contribution is -0.143. The molecule has 0 rings (SSSR count). The maximum Gasteiger partial charge on any atom is 0.328 e. The van der Waals surface area contributed by atoms with Crippen LogP contribution in [0, 0.1) is 0 Å². The molecule has 13 amide bonds. The number of aliphatic hydroxyl groups is 6. The van der Waals surface area contributed by atoms with Gasteiger partial charge in [-0.25, -0.2) is 4.79 Å². The van der Waals surface area contributed by atoms with E-state index in [-0.39, 0.29) is 0 Å². The molecule has 394 valence electrons. The zero-order valence-corrected chi connectivity index (χ0v) is 37.2. The molecule has 0 aromatic carbocycles. The molecule has 0 aromatic rings. The zero-order chi connectivity index (χ0) is 53.5. The summed E-state index contributed by atoms with van der Waals surface area (Å²) in [6, 6.07) is -9.79. The van der Waals surface area contributed by atoms with E-state index in [1.165, 1.54) is 6.92 Å². The van der Waals surface area contributed by atoms with Gasteiger partial charge in [0.25, 0.3) is 0 Å². The number of hydrogen-bond acceptors (Lipinski definition) is 21. The van der Waals surface area contributed by atoms with E-state index < -0.39 is 211 Å². The molecule has 0 radical (unpaired) electrons. The number of nitrogens with two attached hydrogens (primary N) is 1. The van der Waals surface area contributed by atoms with E-state index in [1.54, 1.807) is 0 Å². The van der Waals surface area contributed by atoms with Gasteiger partial charge in [0.1, 0.15) is 36.3 Å². The second kappa shape index (κ2) is 33.7. The summed E-state index contributed by atoms with van der Waals surface area (Å²) in [6.45, 7) is -9.60. The highest BCUT2D eigenvalue weighted by Gasteiger charge is 2.30. The number of aliphatic hydroxyl groups excluding tert-OH is 6.